The summed E-state index contributed by atoms with van der Waals surface area (Å²) in [6.07, 6.45) is 6.58. The van der Waals surface area contributed by atoms with Gasteiger partial charge in [-0.25, -0.2) is 19.3 Å². The van der Waals surface area contributed by atoms with Crippen LogP contribution in [0.5, 0.6) is 0 Å². The topological polar surface area (TPSA) is 125 Å². The van der Waals surface area contributed by atoms with Crippen LogP contribution in [0.4, 0.5) is 19.4 Å². The highest BCUT2D eigenvalue weighted by molar-refractivity contribution is 6.10. The fraction of sp³-hybridized carbons (Fsp3) is 0.346. The summed E-state index contributed by atoms with van der Waals surface area (Å²) in [4.78, 5) is 23.9. The monoisotopic (exact) mass is 522 g/mol. The highest BCUT2D eigenvalue weighted by atomic mass is 19.3. The van der Waals surface area contributed by atoms with Crippen LogP contribution in [0.15, 0.2) is 48.0 Å². The van der Waals surface area contributed by atoms with Gasteiger partial charge < -0.3 is 20.3 Å². The van der Waals surface area contributed by atoms with Gasteiger partial charge in [-0.2, -0.15) is 19.1 Å². The minimum atomic E-state index is -2.87. The van der Waals surface area contributed by atoms with Gasteiger partial charge in [-0.3, -0.25) is 0 Å². The van der Waals surface area contributed by atoms with E-state index in [0.717, 1.165) is 12.0 Å². The van der Waals surface area contributed by atoms with E-state index in [1.807, 2.05) is 32.9 Å². The minimum Gasteiger partial charge on any atom is -0.444 e. The minimum absolute atomic E-state index is 0.273. The lowest BCUT2D eigenvalue weighted by Crippen LogP contribution is -2.50. The Bertz CT molecular complexity index is 1410. The Labute approximate surface area is 218 Å². The summed E-state index contributed by atoms with van der Waals surface area (Å²) in [5.41, 5.74) is 8.15. The van der Waals surface area contributed by atoms with Crippen LogP contribution in [0.1, 0.15) is 31.9 Å². The Kier molecular flexibility index (Phi) is 7.57. The fourth-order valence-corrected chi connectivity index (χ4v) is 4.11. The molecule has 10 nitrogen and oxygen atoms in total. The number of anilines is 1. The highest BCUT2D eigenvalue weighted by Gasteiger charge is 2.26. The van der Waals surface area contributed by atoms with Crippen molar-refractivity contribution in [1.82, 2.24) is 19.5 Å². The van der Waals surface area contributed by atoms with Gasteiger partial charge in [-0.1, -0.05) is 0 Å². The summed E-state index contributed by atoms with van der Waals surface area (Å²) in [6.45, 7) is 4.86. The van der Waals surface area contributed by atoms with Crippen molar-refractivity contribution in [3.8, 4) is 17.2 Å². The molecule has 0 radical (unpaired) electrons. The lowest BCUT2D eigenvalue weighted by Gasteiger charge is -2.36. The van der Waals surface area contributed by atoms with E-state index in [9.17, 15) is 18.8 Å². The van der Waals surface area contributed by atoms with Gasteiger partial charge in [-0.05, 0) is 39.0 Å². The van der Waals surface area contributed by atoms with Crippen molar-refractivity contribution in [3.05, 3.63) is 54.1 Å². The van der Waals surface area contributed by atoms with Crippen LogP contribution in [0.3, 0.4) is 0 Å². The van der Waals surface area contributed by atoms with Crippen LogP contribution in [0, 0.1) is 11.3 Å². The Hall–Kier alpha value is -4.53. The maximum atomic E-state index is 12.7. The number of piperazine rings is 1. The maximum absolute atomic E-state index is 12.7. The van der Waals surface area contributed by atoms with E-state index < -0.39 is 12.2 Å². The molecule has 198 valence electrons. The number of allylic oxidation sites excluding steroid dienone is 1. The zero-order chi connectivity index (χ0) is 27.4. The molecule has 0 aromatic carbocycles. The molecular weight excluding hydrogens is 494 g/mol. The molecule has 1 aliphatic heterocycles. The summed E-state index contributed by atoms with van der Waals surface area (Å²) in [6, 6.07) is 7.61. The van der Waals surface area contributed by atoms with Crippen LogP contribution in [0.25, 0.3) is 22.2 Å². The van der Waals surface area contributed by atoms with Crippen LogP contribution in [0.2, 0.25) is 0 Å². The molecule has 0 saturated carbocycles. The predicted octanol–water partition coefficient (Wildman–Crippen LogP) is 3.92. The first-order valence-corrected chi connectivity index (χ1v) is 11.9. The molecule has 2 N–H and O–H groups in total. The van der Waals surface area contributed by atoms with Crippen molar-refractivity contribution in [2.45, 2.75) is 32.9 Å². The first-order chi connectivity index (χ1) is 18.1. The van der Waals surface area contributed by atoms with E-state index in [2.05, 4.69) is 26.0 Å². The molecule has 1 aliphatic rings. The first kappa shape index (κ1) is 26.5. The number of ether oxygens (including phenoxy) is 1. The number of rotatable bonds is 5. The number of fused-ring (bicyclic) bond motifs is 1. The second-order valence-corrected chi connectivity index (χ2v) is 9.64. The number of carbonyl (C=O) groups is 1. The van der Waals surface area contributed by atoms with Crippen molar-refractivity contribution in [2.75, 3.05) is 31.1 Å². The number of aromatic nitrogens is 3. The Morgan fingerprint density at radius 3 is 2.55 bits per heavy atom. The van der Waals surface area contributed by atoms with E-state index in [-0.39, 0.29) is 11.7 Å². The van der Waals surface area contributed by atoms with Crippen LogP contribution < -0.4 is 10.6 Å². The standard InChI is InChI=1S/C26H28F2N8O2/c1-26(2,3)38-25(37)35-8-6-34(7-9-35)22-5-4-17(13-31-22)21-10-18(19(11-29)14-32-24(27)28)16-36-23(21)20(12-30)15-33-36/h4-5,10-11,13-16,24H,6-9,29H2,1-3H3. The average Bonchev–Trinajstić information content (AvgIpc) is 3.31. The molecule has 12 heteroatoms. The van der Waals surface area contributed by atoms with Gasteiger partial charge >= 0.3 is 12.6 Å². The smallest absolute Gasteiger partial charge is 0.410 e. The normalized spacial score (nSPS) is 14.9. The van der Waals surface area contributed by atoms with Crippen molar-refractivity contribution in [1.29, 1.82) is 5.26 Å². The lowest BCUT2D eigenvalue weighted by molar-refractivity contribution is 0.0240. The molecule has 4 heterocycles. The maximum Gasteiger partial charge on any atom is 0.410 e. The largest absolute Gasteiger partial charge is 0.444 e. The number of nitrogens with two attached hydrogens (primary N) is 1. The predicted molar refractivity (Wildman–Crippen MR) is 140 cm³/mol. The Balaban J connectivity index is 1.60. The molecule has 38 heavy (non-hydrogen) atoms. The molecule has 1 amide bonds. The summed E-state index contributed by atoms with van der Waals surface area (Å²) in [5.74, 6) is 0.741. The molecule has 0 atom stereocenters. The molecular formula is C26H28F2N8O2. The first-order valence-electron chi connectivity index (χ1n) is 11.9. The van der Waals surface area contributed by atoms with E-state index in [4.69, 9.17) is 10.5 Å². The Morgan fingerprint density at radius 2 is 1.97 bits per heavy atom. The van der Waals surface area contributed by atoms with Gasteiger partial charge in [0.2, 0.25) is 0 Å². The number of nitrogens with zero attached hydrogens (tertiary/aromatic N) is 7. The third kappa shape index (κ3) is 5.88. The van der Waals surface area contributed by atoms with Crippen molar-refractivity contribution < 1.29 is 18.3 Å². The van der Waals surface area contributed by atoms with Gasteiger partial charge in [0.15, 0.2) is 0 Å². The third-order valence-electron chi connectivity index (χ3n) is 5.89. The zero-order valence-electron chi connectivity index (χ0n) is 21.3. The van der Waals surface area contributed by atoms with Gasteiger partial charge in [0.05, 0.1) is 17.3 Å². The molecule has 0 bridgehead atoms. The zero-order valence-corrected chi connectivity index (χ0v) is 21.3. The van der Waals surface area contributed by atoms with Gasteiger partial charge in [0.25, 0.3) is 0 Å². The van der Waals surface area contributed by atoms with Crippen LogP contribution in [-0.2, 0) is 4.74 Å². The van der Waals surface area contributed by atoms with Gasteiger partial charge in [0, 0.05) is 73.3 Å². The number of alkyl halides is 2. The molecule has 0 unspecified atom stereocenters. The van der Waals surface area contributed by atoms with E-state index in [1.54, 1.807) is 23.4 Å². The number of hydrogen-bond donors (Lipinski definition) is 1. The van der Waals surface area contributed by atoms with Crippen LogP contribution >= 0.6 is 0 Å². The number of hydrogen-bond acceptors (Lipinski definition) is 8. The summed E-state index contributed by atoms with van der Waals surface area (Å²) in [7, 11) is 0. The van der Waals surface area contributed by atoms with Crippen molar-refractivity contribution >= 4 is 29.2 Å². The van der Waals surface area contributed by atoms with Crippen molar-refractivity contribution in [3.63, 3.8) is 0 Å². The molecule has 1 fully saturated rings. The number of amides is 1. The number of nitriles is 1. The molecule has 0 aliphatic carbocycles. The molecule has 1 saturated heterocycles. The number of aliphatic imine (C=N–C) groups is 1. The average molecular weight is 523 g/mol. The summed E-state index contributed by atoms with van der Waals surface area (Å²) < 4.78 is 32.3. The third-order valence-corrected chi connectivity index (χ3v) is 5.89. The van der Waals surface area contributed by atoms with E-state index >= 15 is 0 Å². The number of pyridine rings is 2. The molecule has 3 aromatic rings. The fourth-order valence-electron chi connectivity index (χ4n) is 4.11. The van der Waals surface area contributed by atoms with E-state index in [0.29, 0.717) is 53.9 Å². The number of carbonyl (C=O) groups excluding carboxylic acids is 1. The Morgan fingerprint density at radius 1 is 1.24 bits per heavy atom. The molecule has 3 aromatic heterocycles. The molecule has 0 spiro atoms. The second-order valence-electron chi connectivity index (χ2n) is 9.64. The quantitative estimate of drug-likeness (QED) is 0.398. The van der Waals surface area contributed by atoms with Crippen LogP contribution in [-0.4, -0.2) is 70.1 Å². The summed E-state index contributed by atoms with van der Waals surface area (Å²) >= 11 is 0. The lowest BCUT2D eigenvalue weighted by atomic mass is 10.0. The second kappa shape index (κ2) is 10.8. The molecule has 4 rings (SSSR count). The van der Waals surface area contributed by atoms with Crippen molar-refractivity contribution in [2.24, 2.45) is 10.7 Å². The summed E-state index contributed by atoms with van der Waals surface area (Å²) in [5, 5.41) is 13.8. The number of halogens is 2. The van der Waals surface area contributed by atoms with Gasteiger partial charge in [0.1, 0.15) is 17.5 Å². The van der Waals surface area contributed by atoms with Gasteiger partial charge in [-0.15, -0.1) is 0 Å². The SMILES string of the molecule is CC(C)(C)OC(=O)N1CCN(c2ccc(-c3cc(C(C=NC(F)F)=CN)cn4ncc(C#N)c34)cn2)CC1. The van der Waals surface area contributed by atoms with E-state index in [1.165, 1.54) is 16.9 Å². The highest BCUT2D eigenvalue weighted by Crippen LogP contribution is 2.31.